The van der Waals surface area contributed by atoms with Crippen LogP contribution in [0.15, 0.2) is 70.5 Å². The number of amides is 3. The van der Waals surface area contributed by atoms with Crippen LogP contribution < -0.4 is 25.7 Å². The van der Waals surface area contributed by atoms with Crippen molar-refractivity contribution in [3.8, 4) is 11.5 Å². The van der Waals surface area contributed by atoms with E-state index in [9.17, 15) is 27.6 Å². The molecule has 17 heteroatoms. The van der Waals surface area contributed by atoms with Crippen LogP contribution in [0.25, 0.3) is 11.0 Å². The maximum absolute atomic E-state index is 13.8. The summed E-state index contributed by atoms with van der Waals surface area (Å²) in [5.74, 6) is 0.600. The molecule has 3 amide bonds. The van der Waals surface area contributed by atoms with Gasteiger partial charge in [-0.3, -0.25) is 34.0 Å². The zero-order chi connectivity index (χ0) is 41.4. The number of likely N-dealkylation sites (tertiary alicyclic amines) is 1. The number of carbonyl (C=O) groups is 3. The average molecular weight is 839 g/mol. The number of rotatable bonds is 12. The fraction of sp³-hybridized carbons (Fsp3) is 0.488. The van der Waals surface area contributed by atoms with E-state index in [2.05, 4.69) is 20.5 Å². The average Bonchev–Trinajstić information content (AvgIpc) is 3.90. The van der Waals surface area contributed by atoms with Gasteiger partial charge in [0.15, 0.2) is 0 Å². The van der Waals surface area contributed by atoms with E-state index in [0.717, 1.165) is 62.6 Å². The molecule has 2 aromatic heterocycles. The molecule has 60 heavy (non-hydrogen) atoms. The Labute approximate surface area is 348 Å². The van der Waals surface area contributed by atoms with E-state index in [0.29, 0.717) is 74.2 Å². The first kappa shape index (κ1) is 40.0. The Morgan fingerprint density at radius 1 is 0.867 bits per heavy atom. The van der Waals surface area contributed by atoms with Crippen LogP contribution in [0, 0.1) is 0 Å². The predicted molar refractivity (Wildman–Crippen MR) is 221 cm³/mol. The highest BCUT2D eigenvalue weighted by Gasteiger charge is 2.40. The zero-order valence-electron chi connectivity index (χ0n) is 33.5. The molecule has 1 unspecified atom stereocenters. The van der Waals surface area contributed by atoms with E-state index in [-0.39, 0.29) is 53.4 Å². The van der Waals surface area contributed by atoms with Crippen LogP contribution >= 0.6 is 0 Å². The number of nitrogens with zero attached hydrogens (tertiary/aromatic N) is 6. The minimum atomic E-state index is -3.75. The summed E-state index contributed by atoms with van der Waals surface area (Å²) >= 11 is 0. The van der Waals surface area contributed by atoms with Gasteiger partial charge < -0.3 is 19.7 Å². The SMILES string of the molecule is O=C1CCC(N2Cc3c(OCCN4CCC(Oc5cccc(S(=O)(=O)N6CCC(Nc7ncc8ccc(=O)n(C9CCCC9)c8n7)CC6)c5)CC4)cccc3C2=O)C(=O)N1. The number of anilines is 1. The Morgan fingerprint density at radius 2 is 1.65 bits per heavy atom. The number of nitrogens with one attached hydrogen (secondary N) is 2. The molecule has 2 aromatic carbocycles. The van der Waals surface area contributed by atoms with Crippen LogP contribution in [-0.4, -0.2) is 112 Å². The van der Waals surface area contributed by atoms with Gasteiger partial charge in [0.25, 0.3) is 11.5 Å². The molecule has 0 spiro atoms. The molecular weight excluding hydrogens is 789 g/mol. The highest BCUT2D eigenvalue weighted by Crippen LogP contribution is 2.34. The zero-order valence-corrected chi connectivity index (χ0v) is 34.3. The van der Waals surface area contributed by atoms with Gasteiger partial charge in [0, 0.05) is 86.1 Å². The third-order valence-electron chi connectivity index (χ3n) is 12.6. The second-order valence-electron chi connectivity index (χ2n) is 16.4. The number of ether oxygens (including phenoxy) is 2. The first-order valence-corrected chi connectivity index (χ1v) is 22.6. The molecule has 3 saturated heterocycles. The molecule has 5 aliphatic rings. The summed E-state index contributed by atoms with van der Waals surface area (Å²) in [5.41, 5.74) is 1.87. The number of piperidine rings is 3. The number of hydrogen-bond donors (Lipinski definition) is 2. The number of carbonyl (C=O) groups excluding carboxylic acids is 3. The molecule has 9 rings (SSSR count). The van der Waals surface area contributed by atoms with E-state index < -0.39 is 22.0 Å². The van der Waals surface area contributed by atoms with Gasteiger partial charge in [-0.05, 0) is 75.3 Å². The maximum atomic E-state index is 13.8. The van der Waals surface area contributed by atoms with E-state index >= 15 is 0 Å². The minimum Gasteiger partial charge on any atom is -0.492 e. The summed E-state index contributed by atoms with van der Waals surface area (Å²) < 4.78 is 43.5. The summed E-state index contributed by atoms with van der Waals surface area (Å²) in [7, 11) is -3.75. The van der Waals surface area contributed by atoms with E-state index in [1.807, 2.05) is 10.6 Å². The van der Waals surface area contributed by atoms with E-state index in [4.69, 9.17) is 14.5 Å². The molecule has 1 saturated carbocycles. The van der Waals surface area contributed by atoms with E-state index in [1.165, 1.54) is 9.21 Å². The van der Waals surface area contributed by atoms with Gasteiger partial charge >= 0.3 is 0 Å². The molecule has 0 bridgehead atoms. The van der Waals surface area contributed by atoms with Gasteiger partial charge in [-0.25, -0.2) is 13.4 Å². The normalized spacial score (nSPS) is 21.4. The summed E-state index contributed by atoms with van der Waals surface area (Å²) in [6.07, 6.45) is 9.04. The highest BCUT2D eigenvalue weighted by molar-refractivity contribution is 7.89. The van der Waals surface area contributed by atoms with Crippen LogP contribution in [0.2, 0.25) is 0 Å². The maximum Gasteiger partial charge on any atom is 0.255 e. The molecule has 0 radical (unpaired) electrons. The van der Waals surface area contributed by atoms with Gasteiger partial charge in [0.05, 0.1) is 11.4 Å². The van der Waals surface area contributed by atoms with Gasteiger partial charge in [0.2, 0.25) is 27.8 Å². The van der Waals surface area contributed by atoms with Crippen molar-refractivity contribution >= 4 is 44.7 Å². The molecule has 1 atom stereocenters. The van der Waals surface area contributed by atoms with Crippen LogP contribution in [0.3, 0.4) is 0 Å². The fourth-order valence-electron chi connectivity index (χ4n) is 9.32. The largest absolute Gasteiger partial charge is 0.492 e. The summed E-state index contributed by atoms with van der Waals surface area (Å²) in [5, 5.41) is 6.56. The highest BCUT2D eigenvalue weighted by atomic mass is 32.2. The number of fused-ring (bicyclic) bond motifs is 2. The Balaban J connectivity index is 0.740. The van der Waals surface area contributed by atoms with Crippen LogP contribution in [-0.2, 0) is 26.2 Å². The van der Waals surface area contributed by atoms with Gasteiger partial charge in [-0.2, -0.15) is 9.29 Å². The molecule has 4 aromatic rings. The monoisotopic (exact) mass is 838 g/mol. The Hall–Kier alpha value is -5.39. The van der Waals surface area contributed by atoms with E-state index in [1.54, 1.807) is 54.7 Å². The van der Waals surface area contributed by atoms with Crippen LogP contribution in [0.5, 0.6) is 11.5 Å². The lowest BCUT2D eigenvalue weighted by molar-refractivity contribution is -0.136. The number of aromatic nitrogens is 3. The lowest BCUT2D eigenvalue weighted by Gasteiger charge is -2.32. The molecule has 2 N–H and O–H groups in total. The third kappa shape index (κ3) is 8.21. The van der Waals surface area contributed by atoms with Crippen molar-refractivity contribution in [1.29, 1.82) is 0 Å². The van der Waals surface area contributed by atoms with Gasteiger partial charge in [-0.15, -0.1) is 0 Å². The molecule has 1 aliphatic carbocycles. The second-order valence-corrected chi connectivity index (χ2v) is 18.4. The summed E-state index contributed by atoms with van der Waals surface area (Å²) in [6, 6.07) is 14.9. The lowest BCUT2D eigenvalue weighted by Crippen LogP contribution is -2.52. The number of imide groups is 1. The molecular formula is C43H50N8O8S. The quantitative estimate of drug-likeness (QED) is 0.197. The molecule has 316 valence electrons. The standard InChI is InChI=1S/C43H50N8O8S/c52-38-13-12-36(41(54)46-38)50-27-35-34(42(50)55)9-4-10-37(35)58-24-23-48-19-17-31(18-20-48)59-32-7-3-8-33(25-32)60(56,57)49-21-15-29(16-22-49)45-43-44-26-28-11-14-39(53)51(40(28)47-43)30-5-1-2-6-30/h3-4,7-11,14,25-26,29-31,36H,1-2,5-6,12-13,15-24,27H2,(H,44,45,47)(H,46,52,54). The summed E-state index contributed by atoms with van der Waals surface area (Å²) in [4.78, 5) is 63.4. The number of pyridine rings is 1. The topological polar surface area (TPSA) is 185 Å². The molecule has 4 aliphatic heterocycles. The van der Waals surface area contributed by atoms with Crippen LogP contribution in [0.4, 0.5) is 5.95 Å². The van der Waals surface area contributed by atoms with Crippen LogP contribution in [0.1, 0.15) is 86.2 Å². The number of hydrogen-bond acceptors (Lipinski definition) is 12. The number of benzene rings is 2. The first-order valence-electron chi connectivity index (χ1n) is 21.1. The molecule has 16 nitrogen and oxygen atoms in total. The Bertz CT molecular complexity index is 2460. The predicted octanol–water partition coefficient (Wildman–Crippen LogP) is 3.86. The van der Waals surface area contributed by atoms with Crippen molar-refractivity contribution in [3.63, 3.8) is 0 Å². The minimum absolute atomic E-state index is 0.0149. The fourth-order valence-corrected chi connectivity index (χ4v) is 10.8. The number of sulfonamides is 1. The van der Waals surface area contributed by atoms with Crippen molar-refractivity contribution in [1.82, 2.24) is 34.0 Å². The first-order chi connectivity index (χ1) is 29.1. The molecule has 4 fully saturated rings. The van der Waals surface area contributed by atoms with Crippen molar-refractivity contribution < 1.29 is 32.3 Å². The second kappa shape index (κ2) is 16.9. The van der Waals surface area contributed by atoms with Gasteiger partial charge in [-0.1, -0.05) is 25.0 Å². The van der Waals surface area contributed by atoms with Gasteiger partial charge in [0.1, 0.15) is 35.9 Å². The van der Waals surface area contributed by atoms with Crippen molar-refractivity contribution in [2.24, 2.45) is 0 Å². The summed E-state index contributed by atoms with van der Waals surface area (Å²) in [6.45, 7) is 3.62. The molecule has 6 heterocycles. The van der Waals surface area contributed by atoms with Crippen molar-refractivity contribution in [3.05, 3.63) is 82.3 Å². The third-order valence-corrected chi connectivity index (χ3v) is 14.5. The van der Waals surface area contributed by atoms with Crippen molar-refractivity contribution in [2.75, 3.05) is 44.6 Å². The Morgan fingerprint density at radius 3 is 2.43 bits per heavy atom. The van der Waals surface area contributed by atoms with Crippen molar-refractivity contribution in [2.45, 2.75) is 99.9 Å². The Kier molecular flexibility index (Phi) is 11.3. The smallest absolute Gasteiger partial charge is 0.255 e. The lowest BCUT2D eigenvalue weighted by atomic mass is 10.0.